The van der Waals surface area contributed by atoms with Gasteiger partial charge in [0.05, 0.1) is 47.6 Å². The van der Waals surface area contributed by atoms with Gasteiger partial charge in [-0.1, -0.05) is 40.9 Å². The van der Waals surface area contributed by atoms with Crippen molar-refractivity contribution in [3.05, 3.63) is 112 Å². The first-order valence-corrected chi connectivity index (χ1v) is 27.0. The summed E-state index contributed by atoms with van der Waals surface area (Å²) in [5, 5.41) is 4.57. The molecule has 2 saturated heterocycles. The van der Waals surface area contributed by atoms with E-state index in [0.29, 0.717) is 82.2 Å². The van der Waals surface area contributed by atoms with Gasteiger partial charge in [0.25, 0.3) is 25.8 Å². The largest absolute Gasteiger partial charge is 0.501 e. The number of alkyl halides is 3. The van der Waals surface area contributed by atoms with Crippen molar-refractivity contribution in [1.82, 2.24) is 19.5 Å². The molecular formula is C49H53Cl2F3N6O8S2. The molecule has 4 aromatic carbocycles. The molecule has 0 unspecified atom stereocenters. The molecule has 21 heteroatoms. The number of hydrogen-bond acceptors (Lipinski definition) is 12. The Morgan fingerprint density at radius 3 is 2.23 bits per heavy atom. The number of carbonyl (C=O) groups excluding carboxylic acids is 1. The van der Waals surface area contributed by atoms with Gasteiger partial charge in [0.2, 0.25) is 0 Å². The smallest absolute Gasteiger partial charge is 0.455 e. The van der Waals surface area contributed by atoms with E-state index in [0.717, 1.165) is 73.9 Å². The fraction of sp³-hybridized carbons (Fsp3) is 0.408. The second-order valence-corrected chi connectivity index (χ2v) is 22.4. The molecule has 5 aromatic rings. The summed E-state index contributed by atoms with van der Waals surface area (Å²) in [5.74, 6) is -1.06. The Morgan fingerprint density at radius 1 is 0.786 bits per heavy atom. The molecule has 374 valence electrons. The lowest BCUT2D eigenvalue weighted by atomic mass is 9.90. The van der Waals surface area contributed by atoms with E-state index < -0.39 is 41.1 Å². The van der Waals surface area contributed by atoms with E-state index in [-0.39, 0.29) is 39.9 Å². The maximum atomic E-state index is 14.2. The van der Waals surface area contributed by atoms with Gasteiger partial charge in [0, 0.05) is 91.8 Å². The molecule has 0 spiro atoms. The van der Waals surface area contributed by atoms with Crippen LogP contribution in [0.2, 0.25) is 10.0 Å². The summed E-state index contributed by atoms with van der Waals surface area (Å²) in [4.78, 5) is 21.9. The predicted molar refractivity (Wildman–Crippen MR) is 263 cm³/mol. The highest BCUT2D eigenvalue weighted by molar-refractivity contribution is 7.92. The topological polar surface area (TPSA) is 163 Å². The van der Waals surface area contributed by atoms with Crippen LogP contribution in [0.1, 0.15) is 54.4 Å². The number of anilines is 2. The normalized spacial score (nSPS) is 20.3. The SMILES string of the molecule is O=C(NS(=O)(=O)c1ccc(NC2CCC(N3CCOCC3)CC2)c(S(=O)(=O)C(F)(F)F)c1)c1ccc(N2CCN(CC3=C(c4ccc(Cl)cc4)CCOCC3)CC2)cc1Oc1cc2cc[nH]c2cc1Cl. The van der Waals surface area contributed by atoms with Crippen molar-refractivity contribution in [1.29, 1.82) is 0 Å². The van der Waals surface area contributed by atoms with Crippen LogP contribution in [0.15, 0.2) is 100 Å². The van der Waals surface area contributed by atoms with E-state index in [1.807, 2.05) is 29.0 Å². The number of nitrogens with one attached hydrogen (secondary N) is 3. The first kappa shape index (κ1) is 50.1. The zero-order valence-electron chi connectivity index (χ0n) is 38.1. The van der Waals surface area contributed by atoms with Crippen LogP contribution in [0.3, 0.4) is 0 Å². The minimum atomic E-state index is -6.07. The van der Waals surface area contributed by atoms with Gasteiger partial charge < -0.3 is 29.4 Å². The van der Waals surface area contributed by atoms with Gasteiger partial charge in [-0.3, -0.25) is 14.6 Å². The lowest BCUT2D eigenvalue weighted by molar-refractivity contribution is -0.0436. The number of ether oxygens (including phenoxy) is 3. The average molecular weight is 1050 g/mol. The number of H-pyrrole nitrogens is 1. The van der Waals surface area contributed by atoms with Crippen molar-refractivity contribution >= 4 is 76.8 Å². The Hall–Kier alpha value is -4.86. The summed E-state index contributed by atoms with van der Waals surface area (Å²) in [7, 11) is -11.1. The third-order valence-corrected chi connectivity index (χ3v) is 17.0. The van der Waals surface area contributed by atoms with Gasteiger partial charge in [0.1, 0.15) is 16.4 Å². The average Bonchev–Trinajstić information content (AvgIpc) is 3.67. The van der Waals surface area contributed by atoms with Gasteiger partial charge in [0.15, 0.2) is 0 Å². The molecule has 4 aliphatic rings. The number of nitrogens with zero attached hydrogens (tertiary/aromatic N) is 3. The van der Waals surface area contributed by atoms with Crippen LogP contribution in [-0.4, -0.2) is 127 Å². The fourth-order valence-electron chi connectivity index (χ4n) is 9.76. The van der Waals surface area contributed by atoms with Gasteiger partial charge in [-0.05, 0) is 110 Å². The van der Waals surface area contributed by atoms with Crippen molar-refractivity contribution in [2.45, 2.75) is 65.9 Å². The number of morpholine rings is 1. The molecule has 0 bridgehead atoms. The van der Waals surface area contributed by atoms with Gasteiger partial charge in [-0.2, -0.15) is 13.2 Å². The summed E-state index contributed by atoms with van der Waals surface area (Å²) >= 11 is 12.9. The second-order valence-electron chi connectivity index (χ2n) is 17.9. The van der Waals surface area contributed by atoms with Crippen LogP contribution in [0.4, 0.5) is 24.5 Å². The minimum Gasteiger partial charge on any atom is -0.455 e. The molecule has 1 aliphatic carbocycles. The minimum absolute atomic E-state index is 0.0520. The van der Waals surface area contributed by atoms with Crippen molar-refractivity contribution in [2.75, 3.05) is 82.5 Å². The highest BCUT2D eigenvalue weighted by atomic mass is 35.5. The summed E-state index contributed by atoms with van der Waals surface area (Å²) < 4.78 is 116. The number of amides is 1. The van der Waals surface area contributed by atoms with Crippen LogP contribution >= 0.6 is 23.2 Å². The Morgan fingerprint density at radius 2 is 1.50 bits per heavy atom. The molecule has 70 heavy (non-hydrogen) atoms. The maximum absolute atomic E-state index is 14.2. The molecule has 0 atom stereocenters. The second kappa shape index (κ2) is 21.1. The monoisotopic (exact) mass is 1040 g/mol. The summed E-state index contributed by atoms with van der Waals surface area (Å²) in [6.07, 6.45) is 5.89. The zero-order valence-corrected chi connectivity index (χ0v) is 41.2. The quantitative estimate of drug-likeness (QED) is 0.103. The fourth-order valence-corrected chi connectivity index (χ4v) is 12.1. The van der Waals surface area contributed by atoms with Crippen molar-refractivity contribution in [2.24, 2.45) is 0 Å². The van der Waals surface area contributed by atoms with Crippen LogP contribution < -0.4 is 19.7 Å². The molecule has 1 amide bonds. The van der Waals surface area contributed by atoms with Crippen molar-refractivity contribution < 1.29 is 49.0 Å². The van der Waals surface area contributed by atoms with Crippen molar-refractivity contribution in [3.8, 4) is 11.5 Å². The molecule has 1 aromatic heterocycles. The number of benzene rings is 4. The van der Waals surface area contributed by atoms with Crippen LogP contribution in [0.25, 0.3) is 16.5 Å². The van der Waals surface area contributed by atoms with E-state index in [9.17, 15) is 34.8 Å². The highest BCUT2D eigenvalue weighted by Gasteiger charge is 2.48. The number of carbonyl (C=O) groups is 1. The van der Waals surface area contributed by atoms with E-state index in [4.69, 9.17) is 37.4 Å². The number of halogens is 5. The number of hydrogen-bond donors (Lipinski definition) is 3. The first-order valence-electron chi connectivity index (χ1n) is 23.2. The number of aromatic amines is 1. The lowest BCUT2D eigenvalue weighted by Crippen LogP contribution is -2.47. The molecule has 3 fully saturated rings. The molecule has 9 rings (SSSR count). The Kier molecular flexibility index (Phi) is 15.1. The van der Waals surface area contributed by atoms with E-state index in [2.05, 4.69) is 25.0 Å². The number of rotatable bonds is 13. The molecule has 3 aliphatic heterocycles. The van der Waals surface area contributed by atoms with E-state index in [1.54, 1.807) is 36.5 Å². The number of sulfone groups is 1. The third-order valence-electron chi connectivity index (χ3n) is 13.6. The molecule has 3 N–H and O–H groups in total. The van der Waals surface area contributed by atoms with Gasteiger partial charge >= 0.3 is 5.51 Å². The molecule has 4 heterocycles. The number of fused-ring (bicyclic) bond motifs is 1. The molecular weight excluding hydrogens is 993 g/mol. The van der Waals surface area contributed by atoms with Crippen LogP contribution in [-0.2, 0) is 29.3 Å². The molecule has 14 nitrogen and oxygen atoms in total. The van der Waals surface area contributed by atoms with E-state index in [1.165, 1.54) is 17.2 Å². The first-order chi connectivity index (χ1) is 33.5. The van der Waals surface area contributed by atoms with Crippen LogP contribution in [0, 0.1) is 0 Å². The lowest BCUT2D eigenvalue weighted by Gasteiger charge is -2.39. The Bertz CT molecular complexity index is 2970. The maximum Gasteiger partial charge on any atom is 0.501 e. The van der Waals surface area contributed by atoms with E-state index >= 15 is 0 Å². The number of sulfonamides is 1. The van der Waals surface area contributed by atoms with Gasteiger partial charge in [-0.25, -0.2) is 21.6 Å². The van der Waals surface area contributed by atoms with Crippen LogP contribution in [0.5, 0.6) is 11.5 Å². The summed E-state index contributed by atoms with van der Waals surface area (Å²) in [5.41, 5.74) is -1.27. The standard InChI is InChI=1S/C49H53Cl2F3N6O8S2/c50-35-3-1-32(2-4-35)40-15-24-66-23-14-34(40)31-58-17-19-59(20-18-58)38-9-11-41(45(28-38)68-46-27-33-13-16-55-44(33)30-42(46)51)48(61)57-70(64,65)39-10-12-43(47(29-39)69(62,63)49(52,53)54)56-36-5-7-37(8-6-36)60-21-25-67-26-22-60/h1-4,9-13,16,27-30,36-37,55-56H,5-8,14-15,17-26,31H2,(H,57,61). The number of piperazine rings is 1. The Balaban J connectivity index is 0.951. The zero-order chi connectivity index (χ0) is 49.2. The highest BCUT2D eigenvalue weighted by Crippen LogP contribution is 2.40. The summed E-state index contributed by atoms with van der Waals surface area (Å²) in [6.45, 7) is 7.48. The predicted octanol–water partition coefficient (Wildman–Crippen LogP) is 9.12. The summed E-state index contributed by atoms with van der Waals surface area (Å²) in [6, 6.07) is 20.0. The van der Waals surface area contributed by atoms with Gasteiger partial charge in [-0.15, -0.1) is 0 Å². The molecule has 0 radical (unpaired) electrons. The van der Waals surface area contributed by atoms with Crippen molar-refractivity contribution in [3.63, 3.8) is 0 Å². The Labute approximate surface area is 415 Å². The number of aromatic nitrogens is 1. The molecule has 1 saturated carbocycles. The third kappa shape index (κ3) is 11.3.